The Kier molecular flexibility index (Phi) is 3.75. The molecule has 21 heavy (non-hydrogen) atoms. The van der Waals surface area contributed by atoms with E-state index in [0.717, 1.165) is 30.4 Å². The molecule has 1 saturated carbocycles. The van der Waals surface area contributed by atoms with E-state index in [0.29, 0.717) is 25.2 Å². The molecule has 112 valence electrons. The van der Waals surface area contributed by atoms with E-state index < -0.39 is 11.4 Å². The Bertz CT molecular complexity index is 643. The second kappa shape index (κ2) is 5.55. The second-order valence-corrected chi connectivity index (χ2v) is 6.52. The molecule has 0 spiro atoms. The van der Waals surface area contributed by atoms with Gasteiger partial charge < -0.3 is 5.11 Å². The molecule has 2 aromatic heterocycles. The van der Waals surface area contributed by atoms with Gasteiger partial charge in [-0.05, 0) is 41.1 Å². The highest BCUT2D eigenvalue weighted by Gasteiger charge is 2.41. The minimum atomic E-state index is -0.731. The van der Waals surface area contributed by atoms with Crippen LogP contribution >= 0.6 is 11.3 Å². The van der Waals surface area contributed by atoms with Gasteiger partial charge in [-0.1, -0.05) is 19.3 Å². The fraction of sp³-hybridized carbons (Fsp3) is 0.571. The van der Waals surface area contributed by atoms with Crippen LogP contribution in [-0.2, 0) is 11.3 Å². The van der Waals surface area contributed by atoms with Crippen molar-refractivity contribution in [1.29, 1.82) is 0 Å². The van der Waals surface area contributed by atoms with Crippen molar-refractivity contribution < 1.29 is 9.90 Å². The first-order valence-electron chi connectivity index (χ1n) is 7.15. The van der Waals surface area contributed by atoms with Gasteiger partial charge >= 0.3 is 5.97 Å². The molecule has 0 amide bonds. The van der Waals surface area contributed by atoms with Gasteiger partial charge in [-0.2, -0.15) is 11.3 Å². The highest BCUT2D eigenvalue weighted by molar-refractivity contribution is 7.08. The Balaban J connectivity index is 1.93. The fourth-order valence-corrected chi connectivity index (χ4v) is 3.88. The van der Waals surface area contributed by atoms with Gasteiger partial charge in [0.05, 0.1) is 12.0 Å². The van der Waals surface area contributed by atoms with Gasteiger partial charge in [0.1, 0.15) is 0 Å². The summed E-state index contributed by atoms with van der Waals surface area (Å²) in [4.78, 5) is 11.8. The maximum absolute atomic E-state index is 11.8. The number of hydrogen-bond acceptors (Lipinski definition) is 5. The lowest BCUT2D eigenvalue weighted by molar-refractivity contribution is -0.152. The van der Waals surface area contributed by atoms with Crippen molar-refractivity contribution in [3.8, 4) is 11.4 Å². The number of carbonyl (C=O) groups is 1. The third-order valence-electron chi connectivity index (χ3n) is 4.35. The number of carboxylic acid groups (broad SMARTS) is 1. The lowest BCUT2D eigenvalue weighted by Crippen LogP contribution is -2.38. The van der Waals surface area contributed by atoms with E-state index in [4.69, 9.17) is 0 Å². The van der Waals surface area contributed by atoms with E-state index in [1.807, 2.05) is 17.7 Å². The van der Waals surface area contributed by atoms with E-state index in [1.54, 1.807) is 16.0 Å². The molecule has 7 heteroatoms. The zero-order valence-corrected chi connectivity index (χ0v) is 12.8. The van der Waals surface area contributed by atoms with Crippen LogP contribution in [0.15, 0.2) is 10.8 Å². The fourth-order valence-electron chi connectivity index (χ4n) is 3.05. The van der Waals surface area contributed by atoms with Crippen molar-refractivity contribution in [2.45, 2.75) is 45.6 Å². The van der Waals surface area contributed by atoms with Crippen LogP contribution in [-0.4, -0.2) is 31.3 Å². The molecular formula is C14H18N4O2S. The number of aromatic nitrogens is 4. The average Bonchev–Trinajstić information content (AvgIpc) is 3.08. The molecule has 1 aliphatic carbocycles. The molecule has 0 aliphatic heterocycles. The topological polar surface area (TPSA) is 80.9 Å². The molecule has 6 nitrogen and oxygen atoms in total. The van der Waals surface area contributed by atoms with Gasteiger partial charge in [-0.15, -0.1) is 5.10 Å². The highest BCUT2D eigenvalue weighted by Crippen LogP contribution is 2.39. The molecule has 0 radical (unpaired) electrons. The van der Waals surface area contributed by atoms with Crippen molar-refractivity contribution in [1.82, 2.24) is 20.2 Å². The summed E-state index contributed by atoms with van der Waals surface area (Å²) in [5, 5.41) is 25.6. The third-order valence-corrected chi connectivity index (χ3v) is 5.21. The molecule has 0 aromatic carbocycles. The van der Waals surface area contributed by atoms with Crippen LogP contribution in [0.25, 0.3) is 11.4 Å². The summed E-state index contributed by atoms with van der Waals surface area (Å²) in [6.45, 7) is 2.36. The summed E-state index contributed by atoms with van der Waals surface area (Å²) in [6, 6.07) is 0. The van der Waals surface area contributed by atoms with Crippen molar-refractivity contribution in [2.75, 3.05) is 0 Å². The third kappa shape index (κ3) is 2.57. The van der Waals surface area contributed by atoms with E-state index in [1.165, 1.54) is 0 Å². The van der Waals surface area contributed by atoms with Crippen molar-refractivity contribution in [3.63, 3.8) is 0 Å². The Morgan fingerprint density at radius 2 is 2.14 bits per heavy atom. The maximum Gasteiger partial charge on any atom is 0.311 e. The van der Waals surface area contributed by atoms with Crippen LogP contribution in [0.4, 0.5) is 0 Å². The van der Waals surface area contributed by atoms with Crippen LogP contribution in [0.1, 0.15) is 37.7 Å². The molecule has 1 fully saturated rings. The van der Waals surface area contributed by atoms with E-state index in [9.17, 15) is 9.90 Å². The standard InChI is InChI=1S/C14H18N4O2S/c1-10-7-21-8-11(10)12-15-16-17-18(12)9-14(13(19)20)5-3-2-4-6-14/h7-8H,2-6,9H2,1H3,(H,19,20). The normalized spacial score (nSPS) is 17.8. The van der Waals surface area contributed by atoms with Gasteiger partial charge in [0, 0.05) is 10.9 Å². The average molecular weight is 306 g/mol. The van der Waals surface area contributed by atoms with Crippen molar-refractivity contribution >= 4 is 17.3 Å². The van der Waals surface area contributed by atoms with Crippen LogP contribution in [0.3, 0.4) is 0 Å². The number of rotatable bonds is 4. The Labute approximate surface area is 126 Å². The molecule has 1 aliphatic rings. The zero-order chi connectivity index (χ0) is 14.9. The second-order valence-electron chi connectivity index (χ2n) is 5.77. The first-order chi connectivity index (χ1) is 10.1. The van der Waals surface area contributed by atoms with Crippen LogP contribution in [0, 0.1) is 12.3 Å². The van der Waals surface area contributed by atoms with Gasteiger partial charge in [-0.25, -0.2) is 4.68 Å². The number of nitrogens with zero attached hydrogens (tertiary/aromatic N) is 4. The summed E-state index contributed by atoms with van der Waals surface area (Å²) >= 11 is 1.60. The minimum absolute atomic E-state index is 0.347. The zero-order valence-electron chi connectivity index (χ0n) is 11.9. The molecule has 1 N–H and O–H groups in total. The number of carboxylic acids is 1. The quantitative estimate of drug-likeness (QED) is 0.939. The van der Waals surface area contributed by atoms with Gasteiger partial charge in [0.25, 0.3) is 0 Å². The molecule has 0 saturated heterocycles. The van der Waals surface area contributed by atoms with Crippen LogP contribution in [0.2, 0.25) is 0 Å². The van der Waals surface area contributed by atoms with E-state index >= 15 is 0 Å². The summed E-state index contributed by atoms with van der Waals surface area (Å²) in [7, 11) is 0. The Hall–Kier alpha value is -1.76. The molecular weight excluding hydrogens is 288 g/mol. The Morgan fingerprint density at radius 3 is 2.76 bits per heavy atom. The molecule has 2 heterocycles. The molecule has 2 aromatic rings. The number of thiophene rings is 1. The largest absolute Gasteiger partial charge is 0.481 e. The van der Waals surface area contributed by atoms with Gasteiger partial charge in [-0.3, -0.25) is 4.79 Å². The lowest BCUT2D eigenvalue weighted by Gasteiger charge is -2.32. The van der Waals surface area contributed by atoms with E-state index in [-0.39, 0.29) is 0 Å². The van der Waals surface area contributed by atoms with Gasteiger partial charge in [0.15, 0.2) is 5.82 Å². The summed E-state index contributed by atoms with van der Waals surface area (Å²) < 4.78 is 1.66. The smallest absolute Gasteiger partial charge is 0.311 e. The summed E-state index contributed by atoms with van der Waals surface area (Å²) in [5.41, 5.74) is 1.37. The number of aliphatic carboxylic acids is 1. The SMILES string of the molecule is Cc1cscc1-c1nnnn1CC1(C(=O)O)CCCCC1. The molecule has 0 unspecified atom stereocenters. The minimum Gasteiger partial charge on any atom is -0.481 e. The van der Waals surface area contributed by atoms with Gasteiger partial charge in [0.2, 0.25) is 0 Å². The Morgan fingerprint density at radius 1 is 1.38 bits per heavy atom. The maximum atomic E-state index is 11.8. The molecule has 0 atom stereocenters. The number of tetrazole rings is 1. The number of hydrogen-bond donors (Lipinski definition) is 1. The molecule has 0 bridgehead atoms. The van der Waals surface area contributed by atoms with Crippen molar-refractivity contribution in [3.05, 3.63) is 16.3 Å². The predicted molar refractivity (Wildman–Crippen MR) is 79.0 cm³/mol. The predicted octanol–water partition coefficient (Wildman–Crippen LogP) is 2.75. The first kappa shape index (κ1) is 14.2. The van der Waals surface area contributed by atoms with Crippen LogP contribution < -0.4 is 0 Å². The summed E-state index contributed by atoms with van der Waals surface area (Å²) in [6.07, 6.45) is 4.43. The van der Waals surface area contributed by atoms with Crippen molar-refractivity contribution in [2.24, 2.45) is 5.41 Å². The van der Waals surface area contributed by atoms with E-state index in [2.05, 4.69) is 15.5 Å². The summed E-state index contributed by atoms with van der Waals surface area (Å²) in [5.74, 6) is -0.0642. The lowest BCUT2D eigenvalue weighted by atomic mass is 9.74. The number of aryl methyl sites for hydroxylation is 1. The molecule has 3 rings (SSSR count). The highest BCUT2D eigenvalue weighted by atomic mass is 32.1. The van der Waals surface area contributed by atoms with Crippen LogP contribution in [0.5, 0.6) is 0 Å². The monoisotopic (exact) mass is 306 g/mol. The first-order valence-corrected chi connectivity index (χ1v) is 8.09.